The molecule has 1 atom stereocenters. The number of nitrogens with zero attached hydrogens (tertiary/aromatic N) is 2. The molecule has 1 aromatic heterocycles. The molecule has 1 heterocycles. The van der Waals surface area contributed by atoms with Crippen LogP contribution in [0, 0.1) is 6.92 Å². The molecule has 1 aromatic rings. The molecule has 0 radical (unpaired) electrons. The van der Waals surface area contributed by atoms with E-state index in [1.54, 1.807) is 24.9 Å². The van der Waals surface area contributed by atoms with E-state index in [-0.39, 0.29) is 5.91 Å². The topological polar surface area (TPSA) is 46.3 Å². The molecule has 1 rings (SSSR count). The zero-order chi connectivity index (χ0) is 11.4. The average molecular weight is 275 g/mol. The minimum absolute atomic E-state index is 0.0972. The van der Waals surface area contributed by atoms with Gasteiger partial charge in [0.15, 0.2) is 5.69 Å². The molecular weight excluding hydrogens is 260 g/mol. The van der Waals surface area contributed by atoms with Gasteiger partial charge >= 0.3 is 0 Å². The first-order valence-corrected chi connectivity index (χ1v) is 5.75. The first-order valence-electron chi connectivity index (χ1n) is 4.83. The Morgan fingerprint density at radius 2 is 2.40 bits per heavy atom. The Bertz CT molecular complexity index is 336. The van der Waals surface area contributed by atoms with Crippen molar-refractivity contribution in [2.75, 3.05) is 13.6 Å². The summed E-state index contributed by atoms with van der Waals surface area (Å²) < 4.78 is 4.85. The fourth-order valence-electron chi connectivity index (χ4n) is 1.14. The summed E-state index contributed by atoms with van der Waals surface area (Å²) in [5, 5.41) is 3.69. The normalized spacial score (nSPS) is 12.5. The summed E-state index contributed by atoms with van der Waals surface area (Å²) in [5.74, 6) is 0.556. The lowest BCUT2D eigenvalue weighted by Gasteiger charge is -2.16. The maximum absolute atomic E-state index is 11.8. The summed E-state index contributed by atoms with van der Waals surface area (Å²) in [6.45, 7) is 4.53. The third kappa shape index (κ3) is 3.66. The Kier molecular flexibility index (Phi) is 4.32. The van der Waals surface area contributed by atoms with Crippen LogP contribution in [0.25, 0.3) is 0 Å². The quantitative estimate of drug-likeness (QED) is 0.791. The largest absolute Gasteiger partial charge is 0.361 e. The van der Waals surface area contributed by atoms with Gasteiger partial charge in [-0.05, 0) is 13.3 Å². The van der Waals surface area contributed by atoms with Crippen molar-refractivity contribution in [2.45, 2.75) is 25.1 Å². The standard InChI is InChI=1S/C10H15BrN2O2/c1-7(11)4-5-13(3)10(14)9-6-8(2)15-12-9/h6-7H,4-5H2,1-3H3. The number of aryl methyl sites for hydroxylation is 1. The first-order chi connectivity index (χ1) is 7.00. The highest BCUT2D eigenvalue weighted by Crippen LogP contribution is 2.08. The van der Waals surface area contributed by atoms with E-state index in [0.717, 1.165) is 6.42 Å². The van der Waals surface area contributed by atoms with Gasteiger partial charge in [0.1, 0.15) is 5.76 Å². The maximum atomic E-state index is 11.8. The van der Waals surface area contributed by atoms with Crippen molar-refractivity contribution in [3.05, 3.63) is 17.5 Å². The zero-order valence-electron chi connectivity index (χ0n) is 9.16. The minimum atomic E-state index is -0.0972. The van der Waals surface area contributed by atoms with Crippen molar-refractivity contribution in [1.82, 2.24) is 10.1 Å². The molecule has 1 unspecified atom stereocenters. The van der Waals surface area contributed by atoms with Gasteiger partial charge in [-0.3, -0.25) is 4.79 Å². The van der Waals surface area contributed by atoms with E-state index in [0.29, 0.717) is 22.8 Å². The number of hydrogen-bond acceptors (Lipinski definition) is 3. The minimum Gasteiger partial charge on any atom is -0.361 e. The molecule has 0 aliphatic carbocycles. The lowest BCUT2D eigenvalue weighted by molar-refractivity contribution is 0.0783. The van der Waals surface area contributed by atoms with Crippen molar-refractivity contribution in [2.24, 2.45) is 0 Å². The zero-order valence-corrected chi connectivity index (χ0v) is 10.7. The molecule has 0 saturated heterocycles. The monoisotopic (exact) mass is 274 g/mol. The van der Waals surface area contributed by atoms with Crippen molar-refractivity contribution in [3.63, 3.8) is 0 Å². The molecule has 5 heteroatoms. The van der Waals surface area contributed by atoms with Crippen LogP contribution in [0.2, 0.25) is 0 Å². The second kappa shape index (κ2) is 5.30. The van der Waals surface area contributed by atoms with Crippen LogP contribution >= 0.6 is 15.9 Å². The Morgan fingerprint density at radius 3 is 2.87 bits per heavy atom. The Hall–Kier alpha value is -0.840. The molecule has 1 amide bonds. The molecule has 0 aromatic carbocycles. The predicted octanol–water partition coefficient (Wildman–Crippen LogP) is 2.23. The molecular formula is C10H15BrN2O2. The molecule has 0 aliphatic heterocycles. The molecule has 0 N–H and O–H groups in total. The number of carbonyl (C=O) groups excluding carboxylic acids is 1. The van der Waals surface area contributed by atoms with E-state index in [9.17, 15) is 4.79 Å². The van der Waals surface area contributed by atoms with Crippen molar-refractivity contribution < 1.29 is 9.32 Å². The second-order valence-corrected chi connectivity index (χ2v) is 5.18. The van der Waals surface area contributed by atoms with E-state index in [4.69, 9.17) is 4.52 Å². The lowest BCUT2D eigenvalue weighted by Crippen LogP contribution is -2.28. The van der Waals surface area contributed by atoms with Crippen molar-refractivity contribution in [1.29, 1.82) is 0 Å². The number of carbonyl (C=O) groups is 1. The maximum Gasteiger partial charge on any atom is 0.275 e. The van der Waals surface area contributed by atoms with E-state index in [1.165, 1.54) is 0 Å². The molecule has 0 aliphatic rings. The van der Waals surface area contributed by atoms with E-state index >= 15 is 0 Å². The van der Waals surface area contributed by atoms with Gasteiger partial charge in [0.05, 0.1) is 0 Å². The molecule has 15 heavy (non-hydrogen) atoms. The van der Waals surface area contributed by atoms with Crippen molar-refractivity contribution >= 4 is 21.8 Å². The highest BCUT2D eigenvalue weighted by molar-refractivity contribution is 9.09. The molecule has 0 spiro atoms. The van der Waals surface area contributed by atoms with Crippen LogP contribution < -0.4 is 0 Å². The van der Waals surface area contributed by atoms with Gasteiger partial charge in [0.25, 0.3) is 5.91 Å². The number of halogens is 1. The first kappa shape index (κ1) is 12.2. The van der Waals surface area contributed by atoms with Crippen molar-refractivity contribution in [3.8, 4) is 0 Å². The smallest absolute Gasteiger partial charge is 0.275 e. The van der Waals surface area contributed by atoms with Crippen LogP contribution in [0.3, 0.4) is 0 Å². The van der Waals surface area contributed by atoms with Gasteiger partial charge in [-0.15, -0.1) is 0 Å². The Labute approximate surface area is 97.7 Å². The lowest BCUT2D eigenvalue weighted by atomic mass is 10.3. The number of amides is 1. The Balaban J connectivity index is 2.53. The van der Waals surface area contributed by atoms with E-state index < -0.39 is 0 Å². The van der Waals surface area contributed by atoms with Crippen LogP contribution in [-0.2, 0) is 0 Å². The number of aromatic nitrogens is 1. The highest BCUT2D eigenvalue weighted by atomic mass is 79.9. The molecule has 0 fully saturated rings. The third-order valence-corrected chi connectivity index (χ3v) is 2.51. The summed E-state index contributed by atoms with van der Waals surface area (Å²) >= 11 is 3.44. The molecule has 84 valence electrons. The molecule has 4 nitrogen and oxygen atoms in total. The Morgan fingerprint density at radius 1 is 1.73 bits per heavy atom. The number of alkyl halides is 1. The van der Waals surface area contributed by atoms with Gasteiger partial charge in [-0.25, -0.2) is 0 Å². The van der Waals surface area contributed by atoms with Gasteiger partial charge in [-0.2, -0.15) is 0 Å². The van der Waals surface area contributed by atoms with E-state index in [2.05, 4.69) is 28.0 Å². The fourth-order valence-corrected chi connectivity index (χ4v) is 1.34. The second-order valence-electron chi connectivity index (χ2n) is 3.62. The SMILES string of the molecule is Cc1cc(C(=O)N(C)CCC(C)Br)no1. The third-order valence-electron chi connectivity index (χ3n) is 2.06. The summed E-state index contributed by atoms with van der Waals surface area (Å²) in [4.78, 5) is 13.8. The summed E-state index contributed by atoms with van der Waals surface area (Å²) in [5.41, 5.74) is 0.372. The average Bonchev–Trinajstić information content (AvgIpc) is 2.60. The van der Waals surface area contributed by atoms with Crippen LogP contribution in [0.4, 0.5) is 0 Å². The van der Waals surface area contributed by atoms with Crippen LogP contribution in [-0.4, -0.2) is 34.4 Å². The van der Waals surface area contributed by atoms with Gasteiger partial charge < -0.3 is 9.42 Å². The van der Waals surface area contributed by atoms with Crippen LogP contribution in [0.5, 0.6) is 0 Å². The van der Waals surface area contributed by atoms with Gasteiger partial charge in [0, 0.05) is 24.5 Å². The van der Waals surface area contributed by atoms with Crippen LogP contribution in [0.15, 0.2) is 10.6 Å². The van der Waals surface area contributed by atoms with Gasteiger partial charge in [-0.1, -0.05) is 28.0 Å². The number of rotatable bonds is 4. The predicted molar refractivity (Wildman–Crippen MR) is 61.2 cm³/mol. The summed E-state index contributed by atoms with van der Waals surface area (Å²) in [6, 6.07) is 1.65. The fraction of sp³-hybridized carbons (Fsp3) is 0.600. The summed E-state index contributed by atoms with van der Waals surface area (Å²) in [6.07, 6.45) is 0.916. The number of hydrogen-bond donors (Lipinski definition) is 0. The van der Waals surface area contributed by atoms with Gasteiger partial charge in [0.2, 0.25) is 0 Å². The molecule has 0 bridgehead atoms. The van der Waals surface area contributed by atoms with E-state index in [1.807, 2.05) is 0 Å². The van der Waals surface area contributed by atoms with Crippen LogP contribution in [0.1, 0.15) is 29.6 Å². The summed E-state index contributed by atoms with van der Waals surface area (Å²) in [7, 11) is 1.77. The highest BCUT2D eigenvalue weighted by Gasteiger charge is 2.15. The molecule has 0 saturated carbocycles.